The Labute approximate surface area is 127 Å². The second-order valence-electron chi connectivity index (χ2n) is 4.49. The maximum atomic E-state index is 11.8. The van der Waals surface area contributed by atoms with Gasteiger partial charge in [-0.3, -0.25) is 9.59 Å². The van der Waals surface area contributed by atoms with Crippen LogP contribution in [0.3, 0.4) is 0 Å². The summed E-state index contributed by atoms with van der Waals surface area (Å²) >= 11 is 1.07. The Morgan fingerprint density at radius 3 is 2.62 bits per heavy atom. The third kappa shape index (κ3) is 5.31. The number of Topliss-reactive ketones (excluding diaryl/α,β-unsaturated/α-hetero) is 1. The van der Waals surface area contributed by atoms with E-state index in [-0.39, 0.29) is 23.5 Å². The summed E-state index contributed by atoms with van der Waals surface area (Å²) in [7, 11) is 0. The van der Waals surface area contributed by atoms with E-state index < -0.39 is 18.0 Å². The van der Waals surface area contributed by atoms with Gasteiger partial charge in [0.2, 0.25) is 0 Å². The van der Waals surface area contributed by atoms with E-state index in [1.54, 1.807) is 24.3 Å². The standard InChI is InChI=1S/C15H17NO4S/c1-10(17)21-9-7-14(19)15(20)12-5-3-2-4-11(12)13(18)6-8-16/h2-5,14-15,19-20H,6-7,9H2,1H3. The molecule has 1 rings (SSSR count). The van der Waals surface area contributed by atoms with Gasteiger partial charge in [0.1, 0.15) is 6.10 Å². The van der Waals surface area contributed by atoms with Crippen LogP contribution in [0.2, 0.25) is 0 Å². The number of hydrogen-bond acceptors (Lipinski definition) is 6. The summed E-state index contributed by atoms with van der Waals surface area (Å²) < 4.78 is 0. The second-order valence-corrected chi connectivity index (χ2v) is 5.76. The average Bonchev–Trinajstić information content (AvgIpc) is 2.46. The molecule has 5 nitrogen and oxygen atoms in total. The van der Waals surface area contributed by atoms with Crippen LogP contribution < -0.4 is 0 Å². The largest absolute Gasteiger partial charge is 0.390 e. The fourth-order valence-electron chi connectivity index (χ4n) is 1.86. The lowest BCUT2D eigenvalue weighted by Gasteiger charge is -2.20. The molecular formula is C15H17NO4S. The number of thioether (sulfide) groups is 1. The molecule has 0 aliphatic rings. The molecule has 0 bridgehead atoms. The zero-order valence-corrected chi connectivity index (χ0v) is 12.5. The molecule has 0 saturated carbocycles. The first-order valence-electron chi connectivity index (χ1n) is 6.46. The molecule has 112 valence electrons. The summed E-state index contributed by atoms with van der Waals surface area (Å²) in [4.78, 5) is 22.7. The summed E-state index contributed by atoms with van der Waals surface area (Å²) in [6.45, 7) is 1.43. The summed E-state index contributed by atoms with van der Waals surface area (Å²) in [5.41, 5.74) is 0.544. The van der Waals surface area contributed by atoms with Crippen LogP contribution in [-0.4, -0.2) is 33.0 Å². The molecule has 0 spiro atoms. The Hall–Kier alpha value is -1.68. The highest BCUT2D eigenvalue weighted by Crippen LogP contribution is 2.24. The predicted molar refractivity (Wildman–Crippen MR) is 79.7 cm³/mol. The van der Waals surface area contributed by atoms with Gasteiger partial charge in [-0.05, 0) is 12.0 Å². The molecule has 0 aliphatic heterocycles. The minimum Gasteiger partial charge on any atom is -0.390 e. The van der Waals surface area contributed by atoms with Gasteiger partial charge in [0.15, 0.2) is 10.9 Å². The maximum Gasteiger partial charge on any atom is 0.185 e. The maximum absolute atomic E-state index is 11.8. The molecule has 6 heteroatoms. The van der Waals surface area contributed by atoms with Crippen LogP contribution in [-0.2, 0) is 4.79 Å². The predicted octanol–water partition coefficient (Wildman–Crippen LogP) is 1.85. The Balaban J connectivity index is 2.82. The van der Waals surface area contributed by atoms with E-state index in [2.05, 4.69) is 0 Å². The minimum atomic E-state index is -1.23. The van der Waals surface area contributed by atoms with Gasteiger partial charge < -0.3 is 10.2 Å². The number of ketones is 1. The first-order chi connectivity index (χ1) is 9.97. The van der Waals surface area contributed by atoms with Crippen LogP contribution in [0.1, 0.15) is 41.8 Å². The highest BCUT2D eigenvalue weighted by molar-refractivity contribution is 8.13. The summed E-state index contributed by atoms with van der Waals surface area (Å²) in [6.07, 6.45) is -2.35. The van der Waals surface area contributed by atoms with E-state index >= 15 is 0 Å². The third-order valence-corrected chi connectivity index (χ3v) is 3.75. The lowest BCUT2D eigenvalue weighted by Crippen LogP contribution is -2.21. The molecule has 2 unspecified atom stereocenters. The van der Waals surface area contributed by atoms with Crippen LogP contribution in [0.25, 0.3) is 0 Å². The summed E-state index contributed by atoms with van der Waals surface area (Å²) in [5, 5.41) is 28.7. The average molecular weight is 307 g/mol. The first kappa shape index (κ1) is 17.4. The van der Waals surface area contributed by atoms with Crippen molar-refractivity contribution in [1.82, 2.24) is 0 Å². The van der Waals surface area contributed by atoms with Crippen molar-refractivity contribution in [2.24, 2.45) is 0 Å². The van der Waals surface area contributed by atoms with Crippen LogP contribution >= 0.6 is 11.8 Å². The topological polar surface area (TPSA) is 98.4 Å². The molecule has 0 saturated heterocycles. The van der Waals surface area contributed by atoms with E-state index in [0.29, 0.717) is 11.3 Å². The molecule has 0 amide bonds. The molecule has 2 N–H and O–H groups in total. The van der Waals surface area contributed by atoms with Crippen molar-refractivity contribution in [1.29, 1.82) is 5.26 Å². The van der Waals surface area contributed by atoms with E-state index in [0.717, 1.165) is 11.8 Å². The van der Waals surface area contributed by atoms with Crippen LogP contribution in [0.15, 0.2) is 24.3 Å². The van der Waals surface area contributed by atoms with Gasteiger partial charge in [0, 0.05) is 18.2 Å². The van der Waals surface area contributed by atoms with Crippen molar-refractivity contribution < 1.29 is 19.8 Å². The Bertz CT molecular complexity index is 553. The highest BCUT2D eigenvalue weighted by atomic mass is 32.2. The van der Waals surface area contributed by atoms with Crippen molar-refractivity contribution in [3.8, 4) is 6.07 Å². The normalized spacial score (nSPS) is 13.2. The fraction of sp³-hybridized carbons (Fsp3) is 0.400. The molecule has 0 fully saturated rings. The van der Waals surface area contributed by atoms with Gasteiger partial charge >= 0.3 is 0 Å². The molecular weight excluding hydrogens is 290 g/mol. The smallest absolute Gasteiger partial charge is 0.185 e. The van der Waals surface area contributed by atoms with Crippen molar-refractivity contribution in [2.45, 2.75) is 32.0 Å². The monoisotopic (exact) mass is 307 g/mol. The van der Waals surface area contributed by atoms with Gasteiger partial charge in [0.25, 0.3) is 0 Å². The van der Waals surface area contributed by atoms with Crippen LogP contribution in [0.5, 0.6) is 0 Å². The number of nitrogens with zero attached hydrogens (tertiary/aromatic N) is 1. The second kappa shape index (κ2) is 8.57. The van der Waals surface area contributed by atoms with E-state index in [9.17, 15) is 19.8 Å². The molecule has 21 heavy (non-hydrogen) atoms. The van der Waals surface area contributed by atoms with Gasteiger partial charge in [-0.1, -0.05) is 36.0 Å². The van der Waals surface area contributed by atoms with E-state index in [4.69, 9.17) is 5.26 Å². The molecule has 1 aromatic carbocycles. The molecule has 0 aliphatic carbocycles. The Morgan fingerprint density at radius 2 is 2.00 bits per heavy atom. The van der Waals surface area contributed by atoms with Gasteiger partial charge in [-0.2, -0.15) is 5.26 Å². The summed E-state index contributed by atoms with van der Waals surface area (Å²) in [6, 6.07) is 8.14. The van der Waals surface area contributed by atoms with Gasteiger partial charge in [0.05, 0.1) is 18.6 Å². The number of aliphatic hydroxyl groups is 2. The molecule has 2 atom stereocenters. The Morgan fingerprint density at radius 1 is 1.33 bits per heavy atom. The van der Waals surface area contributed by atoms with Crippen LogP contribution in [0, 0.1) is 11.3 Å². The number of aliphatic hydroxyl groups excluding tert-OH is 2. The van der Waals surface area contributed by atoms with Gasteiger partial charge in [-0.25, -0.2) is 0 Å². The Kier molecular flexibility index (Phi) is 7.09. The van der Waals surface area contributed by atoms with Crippen LogP contribution in [0.4, 0.5) is 0 Å². The number of carbonyl (C=O) groups is 2. The lowest BCUT2D eigenvalue weighted by molar-refractivity contribution is -0.109. The summed E-state index contributed by atoms with van der Waals surface area (Å²) in [5.74, 6) is -0.000497. The van der Waals surface area contributed by atoms with Crippen molar-refractivity contribution in [2.75, 3.05) is 5.75 Å². The van der Waals surface area contributed by atoms with Gasteiger partial charge in [-0.15, -0.1) is 0 Å². The molecule has 0 heterocycles. The number of rotatable bonds is 7. The minimum absolute atomic E-state index is 0.0544. The van der Waals surface area contributed by atoms with Crippen molar-refractivity contribution in [3.63, 3.8) is 0 Å². The highest BCUT2D eigenvalue weighted by Gasteiger charge is 2.23. The molecule has 0 radical (unpaired) electrons. The molecule has 1 aromatic rings. The quantitative estimate of drug-likeness (QED) is 0.746. The third-order valence-electron chi connectivity index (χ3n) is 2.90. The van der Waals surface area contributed by atoms with E-state index in [1.807, 2.05) is 0 Å². The number of hydrogen-bond donors (Lipinski definition) is 2. The molecule has 0 aromatic heterocycles. The first-order valence-corrected chi connectivity index (χ1v) is 7.44. The lowest BCUT2D eigenvalue weighted by atomic mass is 9.94. The zero-order chi connectivity index (χ0) is 15.8. The zero-order valence-electron chi connectivity index (χ0n) is 11.7. The number of carbonyl (C=O) groups excluding carboxylic acids is 2. The van der Waals surface area contributed by atoms with Crippen molar-refractivity contribution in [3.05, 3.63) is 35.4 Å². The number of benzene rings is 1. The van der Waals surface area contributed by atoms with E-state index in [1.165, 1.54) is 13.0 Å². The van der Waals surface area contributed by atoms with Crippen molar-refractivity contribution >= 4 is 22.7 Å². The fourth-order valence-corrected chi connectivity index (χ4v) is 2.51. The number of nitriles is 1. The SMILES string of the molecule is CC(=O)SCCC(O)C(O)c1ccccc1C(=O)CC#N.